The Morgan fingerprint density at radius 2 is 1.92 bits per heavy atom. The Morgan fingerprint density at radius 3 is 2.69 bits per heavy atom. The van der Waals surface area contributed by atoms with Crippen molar-refractivity contribution in [1.29, 1.82) is 5.26 Å². The van der Waals surface area contributed by atoms with E-state index in [2.05, 4.69) is 15.5 Å². The average Bonchev–Trinajstić information content (AvgIpc) is 3.02. The Morgan fingerprint density at radius 1 is 1.12 bits per heavy atom. The quantitative estimate of drug-likeness (QED) is 0.382. The highest BCUT2D eigenvalue weighted by Crippen LogP contribution is 2.32. The van der Waals surface area contributed by atoms with Crippen LogP contribution in [0, 0.1) is 18.3 Å². The number of nitrogens with zero attached hydrogens (tertiary/aromatic N) is 3. The fourth-order valence-electron chi connectivity index (χ4n) is 2.95. The number of imidazole rings is 1. The van der Waals surface area contributed by atoms with Crippen molar-refractivity contribution in [2.24, 2.45) is 0 Å². The number of halogens is 2. The number of benzene rings is 2. The van der Waals surface area contributed by atoms with Crippen LogP contribution in [-0.4, -0.2) is 9.38 Å². The number of aromatic nitrogens is 2. The molecule has 3 nitrogen and oxygen atoms in total. The summed E-state index contributed by atoms with van der Waals surface area (Å²) in [6.07, 6.45) is 0. The van der Waals surface area contributed by atoms with E-state index < -0.39 is 0 Å². The molecule has 0 unspecified atom stereocenters. The lowest BCUT2D eigenvalue weighted by Gasteiger charge is -2.10. The second-order valence-corrected chi connectivity index (χ2v) is 7.76. The lowest BCUT2D eigenvalue weighted by molar-refractivity contribution is 1.04. The van der Waals surface area contributed by atoms with E-state index in [1.165, 1.54) is 0 Å². The third kappa shape index (κ3) is 2.93. The molecule has 26 heavy (non-hydrogen) atoms. The van der Waals surface area contributed by atoms with Crippen molar-refractivity contribution in [3.63, 3.8) is 0 Å². The molecule has 2 aromatic heterocycles. The summed E-state index contributed by atoms with van der Waals surface area (Å²) < 4.78 is 2.06. The Kier molecular flexibility index (Phi) is 4.54. The standard InChI is InChI=1S/C20H13Cl2N3S/c1-12-8-19(26-11-13-6-7-15(21)16(22)9-13)25-18-5-3-2-4-17(18)24-20(25)14(12)10-23/h2-9H,11H2,1H3. The van der Waals surface area contributed by atoms with Crippen molar-refractivity contribution in [2.75, 3.05) is 0 Å². The number of thioether (sulfide) groups is 1. The summed E-state index contributed by atoms with van der Waals surface area (Å²) in [5.41, 5.74) is 5.20. The SMILES string of the molecule is Cc1cc(SCc2ccc(Cl)c(Cl)c2)n2c(nc3ccccc32)c1C#N. The number of hydrogen-bond donors (Lipinski definition) is 0. The minimum absolute atomic E-state index is 0.553. The van der Waals surface area contributed by atoms with Crippen LogP contribution in [0.5, 0.6) is 0 Å². The van der Waals surface area contributed by atoms with E-state index in [-0.39, 0.29) is 0 Å². The zero-order valence-corrected chi connectivity index (χ0v) is 16.2. The fraction of sp³-hybridized carbons (Fsp3) is 0.100. The molecule has 2 heterocycles. The number of aryl methyl sites for hydroxylation is 1. The molecular weight excluding hydrogens is 385 g/mol. The second kappa shape index (κ2) is 6.85. The highest BCUT2D eigenvalue weighted by Gasteiger charge is 2.15. The second-order valence-electron chi connectivity index (χ2n) is 5.95. The normalized spacial score (nSPS) is 11.2. The summed E-state index contributed by atoms with van der Waals surface area (Å²) in [5.74, 6) is 0.740. The van der Waals surface area contributed by atoms with Gasteiger partial charge in [-0.25, -0.2) is 4.98 Å². The molecule has 2 aromatic carbocycles. The maximum atomic E-state index is 9.56. The van der Waals surface area contributed by atoms with Crippen molar-refractivity contribution in [3.05, 3.63) is 75.3 Å². The van der Waals surface area contributed by atoms with Gasteiger partial charge in [0.1, 0.15) is 6.07 Å². The Labute approximate surface area is 165 Å². The molecule has 0 spiro atoms. The number of hydrogen-bond acceptors (Lipinski definition) is 3. The largest absolute Gasteiger partial charge is 0.286 e. The van der Waals surface area contributed by atoms with Crippen molar-refractivity contribution in [1.82, 2.24) is 9.38 Å². The van der Waals surface area contributed by atoms with Gasteiger partial charge < -0.3 is 0 Å². The van der Waals surface area contributed by atoms with Gasteiger partial charge >= 0.3 is 0 Å². The Hall–Kier alpha value is -2.19. The van der Waals surface area contributed by atoms with Gasteiger partial charge in [-0.2, -0.15) is 5.26 Å². The van der Waals surface area contributed by atoms with Crippen LogP contribution in [0.15, 0.2) is 53.6 Å². The number of para-hydroxylation sites is 2. The van der Waals surface area contributed by atoms with Gasteiger partial charge in [0, 0.05) is 5.75 Å². The first-order valence-corrected chi connectivity index (χ1v) is 9.70. The van der Waals surface area contributed by atoms with Gasteiger partial charge in [0.05, 0.1) is 31.7 Å². The lowest BCUT2D eigenvalue weighted by atomic mass is 10.2. The van der Waals surface area contributed by atoms with Crippen molar-refractivity contribution in [3.8, 4) is 6.07 Å². The third-order valence-electron chi connectivity index (χ3n) is 4.22. The van der Waals surface area contributed by atoms with Crippen LogP contribution >= 0.6 is 35.0 Å². The van der Waals surface area contributed by atoms with E-state index in [9.17, 15) is 5.26 Å². The first kappa shape index (κ1) is 17.2. The van der Waals surface area contributed by atoms with Crippen LogP contribution in [0.25, 0.3) is 16.7 Å². The van der Waals surface area contributed by atoms with Gasteiger partial charge in [0.2, 0.25) is 0 Å². The molecule has 0 aliphatic rings. The van der Waals surface area contributed by atoms with Crippen LogP contribution in [0.2, 0.25) is 10.0 Å². The maximum Gasteiger partial charge on any atom is 0.157 e. The monoisotopic (exact) mass is 397 g/mol. The maximum absolute atomic E-state index is 9.56. The summed E-state index contributed by atoms with van der Waals surface area (Å²) in [5, 5.41) is 11.7. The topological polar surface area (TPSA) is 41.1 Å². The molecule has 4 rings (SSSR count). The molecule has 0 aliphatic carbocycles. The van der Waals surface area contributed by atoms with Crippen molar-refractivity contribution < 1.29 is 0 Å². The van der Waals surface area contributed by atoms with Crippen LogP contribution < -0.4 is 0 Å². The highest BCUT2D eigenvalue weighted by molar-refractivity contribution is 7.98. The van der Waals surface area contributed by atoms with E-state index in [1.54, 1.807) is 11.8 Å². The lowest BCUT2D eigenvalue weighted by Crippen LogP contribution is -1.97. The Bertz CT molecular complexity index is 1190. The predicted molar refractivity (Wildman–Crippen MR) is 108 cm³/mol. The van der Waals surface area contributed by atoms with Gasteiger partial charge in [-0.05, 0) is 48.4 Å². The molecule has 0 aliphatic heterocycles. The molecule has 128 valence electrons. The van der Waals surface area contributed by atoms with E-state index in [1.807, 2.05) is 55.5 Å². The van der Waals surface area contributed by atoms with E-state index in [4.69, 9.17) is 23.2 Å². The highest BCUT2D eigenvalue weighted by atomic mass is 35.5. The number of nitriles is 1. The molecule has 0 bridgehead atoms. The minimum atomic E-state index is 0.553. The first-order valence-electron chi connectivity index (χ1n) is 7.96. The minimum Gasteiger partial charge on any atom is -0.286 e. The molecule has 0 atom stereocenters. The van der Waals surface area contributed by atoms with Gasteiger partial charge in [-0.15, -0.1) is 11.8 Å². The molecule has 0 N–H and O–H groups in total. The summed E-state index contributed by atoms with van der Waals surface area (Å²) >= 11 is 13.8. The molecule has 0 fully saturated rings. The van der Waals surface area contributed by atoms with E-state index in [0.29, 0.717) is 21.3 Å². The molecule has 0 saturated heterocycles. The number of pyridine rings is 1. The van der Waals surface area contributed by atoms with Crippen LogP contribution in [-0.2, 0) is 5.75 Å². The molecule has 6 heteroatoms. The number of fused-ring (bicyclic) bond motifs is 3. The van der Waals surface area contributed by atoms with E-state index in [0.717, 1.165) is 32.9 Å². The number of rotatable bonds is 3. The zero-order chi connectivity index (χ0) is 18.3. The Balaban J connectivity index is 1.84. The fourth-order valence-corrected chi connectivity index (χ4v) is 4.33. The predicted octanol–water partition coefficient (Wildman–Crippen LogP) is 6.27. The van der Waals surface area contributed by atoms with Gasteiger partial charge in [-0.3, -0.25) is 4.40 Å². The van der Waals surface area contributed by atoms with E-state index >= 15 is 0 Å². The third-order valence-corrected chi connectivity index (χ3v) is 6.03. The smallest absolute Gasteiger partial charge is 0.157 e. The summed E-state index contributed by atoms with van der Waals surface area (Å²) in [7, 11) is 0. The van der Waals surface area contributed by atoms with Gasteiger partial charge in [0.15, 0.2) is 5.65 Å². The molecule has 4 aromatic rings. The van der Waals surface area contributed by atoms with Crippen LogP contribution in [0.1, 0.15) is 16.7 Å². The molecule has 0 radical (unpaired) electrons. The van der Waals surface area contributed by atoms with Gasteiger partial charge in [0.25, 0.3) is 0 Å². The molecular formula is C20H13Cl2N3S. The van der Waals surface area contributed by atoms with Crippen LogP contribution in [0.4, 0.5) is 0 Å². The molecule has 0 saturated carbocycles. The van der Waals surface area contributed by atoms with Crippen molar-refractivity contribution >= 4 is 51.6 Å². The average molecular weight is 398 g/mol. The summed E-state index contributed by atoms with van der Waals surface area (Å²) in [4.78, 5) is 4.68. The first-order chi connectivity index (χ1) is 12.6. The summed E-state index contributed by atoms with van der Waals surface area (Å²) in [6, 6.07) is 17.9. The molecule has 0 amide bonds. The summed E-state index contributed by atoms with van der Waals surface area (Å²) in [6.45, 7) is 1.95. The van der Waals surface area contributed by atoms with Crippen LogP contribution in [0.3, 0.4) is 0 Å². The van der Waals surface area contributed by atoms with Crippen molar-refractivity contribution in [2.45, 2.75) is 17.7 Å². The zero-order valence-electron chi connectivity index (χ0n) is 13.8. The van der Waals surface area contributed by atoms with Gasteiger partial charge in [-0.1, -0.05) is 41.4 Å².